The van der Waals surface area contributed by atoms with E-state index in [0.29, 0.717) is 24.1 Å². The van der Waals surface area contributed by atoms with Crippen molar-refractivity contribution in [2.24, 2.45) is 5.73 Å². The molecular formula is C11H15N5O. The predicted octanol–water partition coefficient (Wildman–Crippen LogP) is 1.07. The van der Waals surface area contributed by atoms with E-state index in [9.17, 15) is 0 Å². The van der Waals surface area contributed by atoms with E-state index in [1.807, 2.05) is 20.8 Å². The Morgan fingerprint density at radius 2 is 1.88 bits per heavy atom. The number of nitrogens with zero attached hydrogens (tertiary/aromatic N) is 4. The minimum Gasteiger partial charge on any atom is -0.338 e. The molecule has 2 aromatic heterocycles. The molecule has 0 saturated heterocycles. The van der Waals surface area contributed by atoms with E-state index in [0.717, 1.165) is 5.56 Å². The number of rotatable bonds is 3. The zero-order chi connectivity index (χ0) is 12.5. The minimum atomic E-state index is -0.337. The van der Waals surface area contributed by atoms with E-state index in [1.165, 1.54) is 0 Å². The Labute approximate surface area is 99.3 Å². The molecule has 2 heterocycles. The Bertz CT molecular complexity index is 503. The summed E-state index contributed by atoms with van der Waals surface area (Å²) in [5.74, 6) is 1.35. The van der Waals surface area contributed by atoms with Crippen molar-refractivity contribution in [3.05, 3.63) is 23.8 Å². The van der Waals surface area contributed by atoms with Gasteiger partial charge in [-0.25, -0.2) is 9.97 Å². The van der Waals surface area contributed by atoms with Crippen molar-refractivity contribution in [3.63, 3.8) is 0 Å². The van der Waals surface area contributed by atoms with E-state index >= 15 is 0 Å². The SMILES string of the molecule is Cc1cnc(-c2noc(C(C)(C)CN)n2)nc1. The van der Waals surface area contributed by atoms with Crippen molar-refractivity contribution in [2.45, 2.75) is 26.2 Å². The summed E-state index contributed by atoms with van der Waals surface area (Å²) in [5.41, 5.74) is 6.30. The summed E-state index contributed by atoms with van der Waals surface area (Å²) in [4.78, 5) is 12.6. The fraction of sp³-hybridized carbons (Fsp3) is 0.455. The van der Waals surface area contributed by atoms with Crippen LogP contribution in [-0.4, -0.2) is 26.7 Å². The Hall–Kier alpha value is -1.82. The Balaban J connectivity index is 2.33. The van der Waals surface area contributed by atoms with Crippen LogP contribution in [0.1, 0.15) is 25.3 Å². The van der Waals surface area contributed by atoms with Gasteiger partial charge in [-0.2, -0.15) is 4.98 Å². The molecule has 0 aliphatic carbocycles. The fourth-order valence-corrected chi connectivity index (χ4v) is 1.18. The average molecular weight is 233 g/mol. The highest BCUT2D eigenvalue weighted by atomic mass is 16.5. The lowest BCUT2D eigenvalue weighted by Gasteiger charge is -2.15. The lowest BCUT2D eigenvalue weighted by atomic mass is 9.94. The second-order valence-corrected chi connectivity index (χ2v) is 4.60. The van der Waals surface area contributed by atoms with Gasteiger partial charge in [0.25, 0.3) is 0 Å². The van der Waals surface area contributed by atoms with Crippen LogP contribution in [0.5, 0.6) is 0 Å². The standard InChI is InChI=1S/C11H15N5O/c1-7-4-13-8(14-5-7)9-15-10(17-16-9)11(2,3)6-12/h4-5H,6,12H2,1-3H3. The van der Waals surface area contributed by atoms with Crippen LogP contribution in [0.2, 0.25) is 0 Å². The second-order valence-electron chi connectivity index (χ2n) is 4.60. The Morgan fingerprint density at radius 3 is 2.47 bits per heavy atom. The van der Waals surface area contributed by atoms with E-state index in [1.54, 1.807) is 12.4 Å². The number of hydrogen-bond donors (Lipinski definition) is 1. The highest BCUT2D eigenvalue weighted by Crippen LogP contribution is 2.21. The zero-order valence-corrected chi connectivity index (χ0v) is 10.1. The van der Waals surface area contributed by atoms with Gasteiger partial charge in [-0.1, -0.05) is 5.16 Å². The topological polar surface area (TPSA) is 90.7 Å². The molecule has 0 bridgehead atoms. The maximum Gasteiger partial charge on any atom is 0.240 e. The summed E-state index contributed by atoms with van der Waals surface area (Å²) in [5, 5.41) is 3.86. The van der Waals surface area contributed by atoms with Crippen LogP contribution in [0, 0.1) is 6.92 Å². The number of aromatic nitrogens is 4. The Kier molecular flexibility index (Phi) is 2.89. The van der Waals surface area contributed by atoms with Gasteiger partial charge >= 0.3 is 0 Å². The molecule has 0 saturated carbocycles. The maximum atomic E-state index is 5.65. The summed E-state index contributed by atoms with van der Waals surface area (Å²) in [6, 6.07) is 0. The number of hydrogen-bond acceptors (Lipinski definition) is 6. The molecular weight excluding hydrogens is 218 g/mol. The second kappa shape index (κ2) is 4.21. The van der Waals surface area contributed by atoms with Crippen molar-refractivity contribution >= 4 is 0 Å². The molecule has 0 atom stereocenters. The van der Waals surface area contributed by atoms with Gasteiger partial charge < -0.3 is 10.3 Å². The van der Waals surface area contributed by atoms with Gasteiger partial charge in [0.2, 0.25) is 17.5 Å². The summed E-state index contributed by atoms with van der Waals surface area (Å²) >= 11 is 0. The van der Waals surface area contributed by atoms with E-state index in [4.69, 9.17) is 10.3 Å². The zero-order valence-electron chi connectivity index (χ0n) is 10.1. The lowest BCUT2D eigenvalue weighted by molar-refractivity contribution is 0.311. The predicted molar refractivity (Wildman–Crippen MR) is 62.1 cm³/mol. The van der Waals surface area contributed by atoms with Crippen LogP contribution in [0.15, 0.2) is 16.9 Å². The van der Waals surface area contributed by atoms with Gasteiger partial charge in [0, 0.05) is 18.9 Å². The summed E-state index contributed by atoms with van der Waals surface area (Å²) < 4.78 is 5.18. The molecule has 90 valence electrons. The van der Waals surface area contributed by atoms with Gasteiger partial charge in [-0.05, 0) is 26.3 Å². The van der Waals surface area contributed by atoms with E-state index in [2.05, 4.69) is 20.1 Å². The molecule has 6 heteroatoms. The van der Waals surface area contributed by atoms with Gasteiger partial charge in [-0.3, -0.25) is 0 Å². The number of aryl methyl sites for hydroxylation is 1. The minimum absolute atomic E-state index is 0.337. The fourth-order valence-electron chi connectivity index (χ4n) is 1.18. The third kappa shape index (κ3) is 2.31. The van der Waals surface area contributed by atoms with E-state index < -0.39 is 0 Å². The quantitative estimate of drug-likeness (QED) is 0.852. The molecule has 2 N–H and O–H groups in total. The van der Waals surface area contributed by atoms with Crippen molar-refractivity contribution in [2.75, 3.05) is 6.54 Å². The normalized spacial score (nSPS) is 11.8. The first-order chi connectivity index (χ1) is 8.03. The van der Waals surface area contributed by atoms with Crippen LogP contribution in [-0.2, 0) is 5.41 Å². The summed E-state index contributed by atoms with van der Waals surface area (Å²) in [7, 11) is 0. The van der Waals surface area contributed by atoms with Gasteiger partial charge in [0.15, 0.2) is 0 Å². The largest absolute Gasteiger partial charge is 0.338 e. The van der Waals surface area contributed by atoms with Crippen molar-refractivity contribution in [1.29, 1.82) is 0 Å². The first kappa shape index (κ1) is 11.7. The molecule has 0 unspecified atom stereocenters. The molecule has 0 aliphatic heterocycles. The molecule has 2 aromatic rings. The maximum absolute atomic E-state index is 5.65. The third-order valence-electron chi connectivity index (χ3n) is 2.50. The Morgan fingerprint density at radius 1 is 1.24 bits per heavy atom. The third-order valence-corrected chi connectivity index (χ3v) is 2.50. The number of nitrogens with two attached hydrogens (primary N) is 1. The van der Waals surface area contributed by atoms with Crippen LogP contribution < -0.4 is 5.73 Å². The first-order valence-electron chi connectivity index (χ1n) is 5.36. The molecule has 0 aliphatic rings. The summed E-state index contributed by atoms with van der Waals surface area (Å²) in [6.07, 6.45) is 3.43. The first-order valence-corrected chi connectivity index (χ1v) is 5.36. The molecule has 6 nitrogen and oxygen atoms in total. The van der Waals surface area contributed by atoms with Gasteiger partial charge in [0.1, 0.15) is 0 Å². The lowest BCUT2D eigenvalue weighted by Crippen LogP contribution is -2.28. The van der Waals surface area contributed by atoms with Crippen molar-refractivity contribution in [3.8, 4) is 11.6 Å². The monoisotopic (exact) mass is 233 g/mol. The van der Waals surface area contributed by atoms with Crippen LogP contribution in [0.3, 0.4) is 0 Å². The molecule has 17 heavy (non-hydrogen) atoms. The van der Waals surface area contributed by atoms with Crippen LogP contribution in [0.4, 0.5) is 0 Å². The van der Waals surface area contributed by atoms with Gasteiger partial charge in [0.05, 0.1) is 5.41 Å². The molecule has 2 rings (SSSR count). The van der Waals surface area contributed by atoms with Crippen LogP contribution in [0.25, 0.3) is 11.6 Å². The average Bonchev–Trinajstić information content (AvgIpc) is 2.80. The van der Waals surface area contributed by atoms with Crippen molar-refractivity contribution in [1.82, 2.24) is 20.1 Å². The highest BCUT2D eigenvalue weighted by molar-refractivity contribution is 5.41. The van der Waals surface area contributed by atoms with Crippen LogP contribution >= 0.6 is 0 Å². The molecule has 0 amide bonds. The smallest absolute Gasteiger partial charge is 0.240 e. The molecule has 0 fully saturated rings. The highest BCUT2D eigenvalue weighted by Gasteiger charge is 2.26. The molecule has 0 radical (unpaired) electrons. The van der Waals surface area contributed by atoms with Crippen molar-refractivity contribution < 1.29 is 4.52 Å². The molecule has 0 aromatic carbocycles. The van der Waals surface area contributed by atoms with Gasteiger partial charge in [-0.15, -0.1) is 0 Å². The summed E-state index contributed by atoms with van der Waals surface area (Å²) in [6.45, 7) is 6.24. The molecule has 0 spiro atoms. The van der Waals surface area contributed by atoms with E-state index in [-0.39, 0.29) is 5.41 Å².